The molecule has 0 aliphatic heterocycles. The molecule has 0 aromatic heterocycles. The van der Waals surface area contributed by atoms with Crippen molar-refractivity contribution in [3.8, 4) is 0 Å². The molecule has 1 aromatic carbocycles. The Morgan fingerprint density at radius 1 is 1.37 bits per heavy atom. The number of aliphatic hydroxyl groups excluding tert-OH is 1. The first kappa shape index (κ1) is 13.8. The number of aliphatic hydroxyl groups is 1. The molecule has 0 spiro atoms. The summed E-state index contributed by atoms with van der Waals surface area (Å²) in [6, 6.07) is 5.19. The van der Waals surface area contributed by atoms with Crippen LogP contribution in [0.5, 0.6) is 0 Å². The number of anilines is 1. The van der Waals surface area contributed by atoms with E-state index in [1.807, 2.05) is 24.9 Å². The fourth-order valence-electron chi connectivity index (χ4n) is 2.80. The van der Waals surface area contributed by atoms with Gasteiger partial charge in [0, 0.05) is 13.1 Å². The van der Waals surface area contributed by atoms with Crippen molar-refractivity contribution < 1.29 is 10.0 Å². The van der Waals surface area contributed by atoms with Gasteiger partial charge in [0.1, 0.15) is 5.69 Å². The van der Waals surface area contributed by atoms with E-state index in [0.717, 1.165) is 31.2 Å². The van der Waals surface area contributed by atoms with E-state index in [1.165, 1.54) is 0 Å². The number of rotatable bonds is 3. The standard InChI is InChI=1S/C14H20N2O3/c1-10-7-8-11(13(9-10)16(18)19)15(2)12-5-3-4-6-14(12)17/h7-9,12,14,17H,3-6H2,1-2H3/t12-,14-/m1/s1. The summed E-state index contributed by atoms with van der Waals surface area (Å²) in [5.74, 6) is 0. The van der Waals surface area contributed by atoms with Crippen molar-refractivity contribution in [3.05, 3.63) is 33.9 Å². The van der Waals surface area contributed by atoms with Gasteiger partial charge in [-0.15, -0.1) is 0 Å². The van der Waals surface area contributed by atoms with Crippen LogP contribution in [0.2, 0.25) is 0 Å². The maximum Gasteiger partial charge on any atom is 0.292 e. The quantitative estimate of drug-likeness (QED) is 0.673. The molecule has 1 saturated carbocycles. The Morgan fingerprint density at radius 3 is 2.68 bits per heavy atom. The Kier molecular flexibility index (Phi) is 4.04. The number of hydrogen-bond donors (Lipinski definition) is 1. The average Bonchev–Trinajstić information content (AvgIpc) is 2.38. The van der Waals surface area contributed by atoms with E-state index >= 15 is 0 Å². The molecule has 2 atom stereocenters. The zero-order chi connectivity index (χ0) is 14.0. The van der Waals surface area contributed by atoms with E-state index in [0.29, 0.717) is 5.69 Å². The number of nitro benzene ring substituents is 1. The predicted octanol–water partition coefficient (Wildman–Crippen LogP) is 2.64. The van der Waals surface area contributed by atoms with Gasteiger partial charge in [0.05, 0.1) is 17.1 Å². The summed E-state index contributed by atoms with van der Waals surface area (Å²) < 4.78 is 0. The highest BCUT2D eigenvalue weighted by Gasteiger charge is 2.29. The van der Waals surface area contributed by atoms with E-state index in [1.54, 1.807) is 12.1 Å². The van der Waals surface area contributed by atoms with Crippen molar-refractivity contribution in [1.29, 1.82) is 0 Å². The van der Waals surface area contributed by atoms with E-state index in [2.05, 4.69) is 0 Å². The second-order valence-corrected chi connectivity index (χ2v) is 5.28. The molecule has 0 unspecified atom stereocenters. The van der Waals surface area contributed by atoms with Crippen LogP contribution in [0.3, 0.4) is 0 Å². The summed E-state index contributed by atoms with van der Waals surface area (Å²) in [5.41, 5.74) is 1.56. The third kappa shape index (κ3) is 2.87. The lowest BCUT2D eigenvalue weighted by atomic mass is 9.91. The van der Waals surface area contributed by atoms with Crippen LogP contribution in [0.1, 0.15) is 31.2 Å². The highest BCUT2D eigenvalue weighted by atomic mass is 16.6. The minimum absolute atomic E-state index is 0.0323. The fraction of sp³-hybridized carbons (Fsp3) is 0.571. The van der Waals surface area contributed by atoms with Gasteiger partial charge in [-0.25, -0.2) is 0 Å². The minimum atomic E-state index is -0.403. The van der Waals surface area contributed by atoms with Crippen LogP contribution in [0.4, 0.5) is 11.4 Å². The molecule has 2 rings (SSSR count). The zero-order valence-electron chi connectivity index (χ0n) is 11.4. The molecule has 0 saturated heterocycles. The third-order valence-electron chi connectivity index (χ3n) is 3.90. The molecule has 5 heteroatoms. The summed E-state index contributed by atoms with van der Waals surface area (Å²) in [5, 5.41) is 21.2. The van der Waals surface area contributed by atoms with Crippen molar-refractivity contribution in [1.82, 2.24) is 0 Å². The summed E-state index contributed by atoms with van der Waals surface area (Å²) in [6.07, 6.45) is 3.34. The topological polar surface area (TPSA) is 66.6 Å². The Morgan fingerprint density at radius 2 is 2.05 bits per heavy atom. The summed E-state index contributed by atoms with van der Waals surface area (Å²) >= 11 is 0. The Balaban J connectivity index is 2.32. The van der Waals surface area contributed by atoms with Gasteiger partial charge in [-0.1, -0.05) is 18.9 Å². The first-order chi connectivity index (χ1) is 9.00. The van der Waals surface area contributed by atoms with Gasteiger partial charge in [-0.3, -0.25) is 10.1 Å². The van der Waals surface area contributed by atoms with E-state index in [-0.39, 0.29) is 16.7 Å². The summed E-state index contributed by atoms with van der Waals surface area (Å²) in [4.78, 5) is 12.7. The van der Waals surface area contributed by atoms with Crippen LogP contribution in [-0.2, 0) is 0 Å². The van der Waals surface area contributed by atoms with Gasteiger partial charge in [0.15, 0.2) is 0 Å². The van der Waals surface area contributed by atoms with Gasteiger partial charge in [-0.2, -0.15) is 0 Å². The third-order valence-corrected chi connectivity index (χ3v) is 3.90. The smallest absolute Gasteiger partial charge is 0.292 e. The SMILES string of the molecule is Cc1ccc(N(C)[C@@H]2CCCC[C@H]2O)c([N+](=O)[O-])c1. The van der Waals surface area contributed by atoms with E-state index in [9.17, 15) is 15.2 Å². The summed E-state index contributed by atoms with van der Waals surface area (Å²) in [7, 11) is 1.83. The van der Waals surface area contributed by atoms with E-state index in [4.69, 9.17) is 0 Å². The number of aryl methyl sites for hydroxylation is 1. The molecule has 104 valence electrons. The molecule has 0 bridgehead atoms. The molecule has 1 aromatic rings. The van der Waals surface area contributed by atoms with Crippen molar-refractivity contribution in [2.45, 2.75) is 44.8 Å². The number of nitro groups is 1. The molecule has 1 aliphatic rings. The molecule has 0 radical (unpaired) electrons. The van der Waals surface area contributed by atoms with Gasteiger partial charge in [-0.05, 0) is 31.4 Å². The van der Waals surface area contributed by atoms with Crippen molar-refractivity contribution in [2.24, 2.45) is 0 Å². The highest BCUT2D eigenvalue weighted by Crippen LogP contribution is 2.33. The molecular weight excluding hydrogens is 244 g/mol. The molecule has 5 nitrogen and oxygen atoms in total. The highest BCUT2D eigenvalue weighted by molar-refractivity contribution is 5.64. The van der Waals surface area contributed by atoms with Crippen LogP contribution < -0.4 is 4.90 Å². The zero-order valence-corrected chi connectivity index (χ0v) is 11.4. The molecule has 0 amide bonds. The second-order valence-electron chi connectivity index (χ2n) is 5.28. The van der Waals surface area contributed by atoms with Crippen LogP contribution in [0, 0.1) is 17.0 Å². The molecule has 19 heavy (non-hydrogen) atoms. The maximum absolute atomic E-state index is 11.2. The largest absolute Gasteiger partial charge is 0.391 e. The van der Waals surface area contributed by atoms with Crippen LogP contribution in [0.25, 0.3) is 0 Å². The summed E-state index contributed by atoms with van der Waals surface area (Å²) in [6.45, 7) is 1.84. The van der Waals surface area contributed by atoms with Crippen molar-refractivity contribution in [2.75, 3.05) is 11.9 Å². The lowest BCUT2D eigenvalue weighted by molar-refractivity contribution is -0.384. The first-order valence-corrected chi connectivity index (χ1v) is 6.66. The van der Waals surface area contributed by atoms with Gasteiger partial charge in [0.2, 0.25) is 0 Å². The van der Waals surface area contributed by atoms with Crippen LogP contribution in [-0.4, -0.2) is 29.2 Å². The number of nitrogens with zero attached hydrogens (tertiary/aromatic N) is 2. The molecule has 1 aliphatic carbocycles. The normalized spacial score (nSPS) is 23.1. The maximum atomic E-state index is 11.2. The van der Waals surface area contributed by atoms with E-state index < -0.39 is 6.10 Å². The van der Waals surface area contributed by atoms with Gasteiger partial charge < -0.3 is 10.0 Å². The second kappa shape index (κ2) is 5.57. The minimum Gasteiger partial charge on any atom is -0.391 e. The molecule has 1 fully saturated rings. The van der Waals surface area contributed by atoms with Crippen molar-refractivity contribution in [3.63, 3.8) is 0 Å². The Bertz CT molecular complexity index is 476. The fourth-order valence-corrected chi connectivity index (χ4v) is 2.80. The van der Waals surface area contributed by atoms with Crippen LogP contribution >= 0.6 is 0 Å². The lowest BCUT2D eigenvalue weighted by Crippen LogP contribution is -2.43. The average molecular weight is 264 g/mol. The first-order valence-electron chi connectivity index (χ1n) is 6.66. The Labute approximate surface area is 113 Å². The molecule has 1 N–H and O–H groups in total. The number of likely N-dealkylation sites (N-methyl/N-ethyl adjacent to an activating group) is 1. The Hall–Kier alpha value is -1.62. The van der Waals surface area contributed by atoms with Gasteiger partial charge in [0.25, 0.3) is 5.69 Å². The molecular formula is C14H20N2O3. The van der Waals surface area contributed by atoms with Crippen LogP contribution in [0.15, 0.2) is 18.2 Å². The predicted molar refractivity (Wildman–Crippen MR) is 74.5 cm³/mol. The molecule has 0 heterocycles. The van der Waals surface area contributed by atoms with Gasteiger partial charge >= 0.3 is 0 Å². The lowest BCUT2D eigenvalue weighted by Gasteiger charge is -2.36. The number of hydrogen-bond acceptors (Lipinski definition) is 4. The monoisotopic (exact) mass is 264 g/mol. The van der Waals surface area contributed by atoms with Crippen molar-refractivity contribution >= 4 is 11.4 Å². The number of benzene rings is 1.